The predicted molar refractivity (Wildman–Crippen MR) is 77.1 cm³/mol. The van der Waals surface area contributed by atoms with Gasteiger partial charge < -0.3 is 20.6 Å². The monoisotopic (exact) mass is 279 g/mol. The van der Waals surface area contributed by atoms with E-state index in [1.807, 2.05) is 13.0 Å². The third-order valence-corrected chi connectivity index (χ3v) is 2.93. The second kappa shape index (κ2) is 7.37. The van der Waals surface area contributed by atoms with Gasteiger partial charge in [-0.05, 0) is 19.1 Å². The van der Waals surface area contributed by atoms with Crippen molar-refractivity contribution in [2.75, 3.05) is 20.2 Å². The molecule has 0 aromatic heterocycles. The number of ether oxygens (including phenoxy) is 1. The van der Waals surface area contributed by atoms with Crippen molar-refractivity contribution < 1.29 is 14.7 Å². The van der Waals surface area contributed by atoms with Crippen LogP contribution in [0.3, 0.4) is 0 Å². The van der Waals surface area contributed by atoms with E-state index in [1.54, 1.807) is 32.2 Å². The number of amides is 1. The number of hydrogen-bond acceptors (Lipinski definition) is 4. The van der Waals surface area contributed by atoms with E-state index in [1.165, 1.54) is 4.90 Å². The lowest BCUT2D eigenvalue weighted by Crippen LogP contribution is -2.36. The predicted octanol–water partition coefficient (Wildman–Crippen LogP) is 1.54. The molecule has 20 heavy (non-hydrogen) atoms. The summed E-state index contributed by atoms with van der Waals surface area (Å²) in [5, 5.41) is 11.6. The Morgan fingerprint density at radius 2 is 2.15 bits per heavy atom. The Kier molecular flexibility index (Phi) is 5.83. The molecule has 1 rings (SSSR count). The second-order valence-corrected chi connectivity index (χ2v) is 4.54. The molecule has 0 saturated carbocycles. The Balaban J connectivity index is 2.84. The Morgan fingerprint density at radius 3 is 2.75 bits per heavy atom. The average molecular weight is 279 g/mol. The van der Waals surface area contributed by atoms with Crippen molar-refractivity contribution in [3.63, 3.8) is 0 Å². The van der Waals surface area contributed by atoms with Crippen LogP contribution in [0, 0.1) is 5.92 Å². The molecule has 6 nitrogen and oxygen atoms in total. The van der Waals surface area contributed by atoms with Gasteiger partial charge in [0.1, 0.15) is 11.6 Å². The van der Waals surface area contributed by atoms with Crippen LogP contribution in [0.5, 0.6) is 5.75 Å². The number of benzene rings is 1. The van der Waals surface area contributed by atoms with Crippen LogP contribution in [-0.2, 0) is 0 Å². The molecule has 1 aromatic carbocycles. The van der Waals surface area contributed by atoms with Crippen LogP contribution < -0.4 is 10.5 Å². The van der Waals surface area contributed by atoms with Gasteiger partial charge in [0.2, 0.25) is 0 Å². The molecular weight excluding hydrogens is 258 g/mol. The van der Waals surface area contributed by atoms with E-state index < -0.39 is 0 Å². The zero-order valence-corrected chi connectivity index (χ0v) is 12.0. The summed E-state index contributed by atoms with van der Waals surface area (Å²) in [4.78, 5) is 13.9. The zero-order chi connectivity index (χ0) is 15.1. The van der Waals surface area contributed by atoms with E-state index in [0.717, 1.165) is 0 Å². The fourth-order valence-corrected chi connectivity index (χ4v) is 1.82. The van der Waals surface area contributed by atoms with Crippen LogP contribution >= 0.6 is 0 Å². The van der Waals surface area contributed by atoms with E-state index in [-0.39, 0.29) is 17.7 Å². The molecule has 1 amide bonds. The van der Waals surface area contributed by atoms with Crippen molar-refractivity contribution in [2.45, 2.75) is 13.8 Å². The summed E-state index contributed by atoms with van der Waals surface area (Å²) in [5.74, 6) is 0.269. The summed E-state index contributed by atoms with van der Waals surface area (Å²) in [7, 11) is 1.67. The molecule has 1 aromatic rings. The second-order valence-electron chi connectivity index (χ2n) is 4.54. The van der Waals surface area contributed by atoms with Crippen LogP contribution in [-0.4, -0.2) is 42.0 Å². The molecule has 3 N–H and O–H groups in total. The molecule has 0 aliphatic carbocycles. The minimum Gasteiger partial charge on any atom is -0.493 e. The van der Waals surface area contributed by atoms with Gasteiger partial charge in [0.15, 0.2) is 0 Å². The maximum absolute atomic E-state index is 12.4. The summed E-state index contributed by atoms with van der Waals surface area (Å²) in [6, 6.07) is 7.09. The van der Waals surface area contributed by atoms with Crippen molar-refractivity contribution in [2.24, 2.45) is 16.8 Å². The molecule has 6 heteroatoms. The van der Waals surface area contributed by atoms with Gasteiger partial charge in [-0.25, -0.2) is 0 Å². The van der Waals surface area contributed by atoms with Gasteiger partial charge in [0.25, 0.3) is 5.91 Å². The highest BCUT2D eigenvalue weighted by molar-refractivity contribution is 5.97. The first-order valence-corrected chi connectivity index (χ1v) is 6.45. The fourth-order valence-electron chi connectivity index (χ4n) is 1.82. The molecule has 110 valence electrons. The lowest BCUT2D eigenvalue weighted by Gasteiger charge is -2.22. The third-order valence-electron chi connectivity index (χ3n) is 2.93. The van der Waals surface area contributed by atoms with Crippen molar-refractivity contribution in [1.82, 2.24) is 4.90 Å². The topological polar surface area (TPSA) is 88.2 Å². The molecule has 0 saturated heterocycles. The fraction of sp³-hybridized carbons (Fsp3) is 0.429. The van der Waals surface area contributed by atoms with E-state index in [4.69, 9.17) is 15.7 Å². The summed E-state index contributed by atoms with van der Waals surface area (Å²) in [6.07, 6.45) is 0. The standard InChI is InChI=1S/C14H21N3O3/c1-4-20-12-8-6-5-7-11(12)14(18)17(3)9-10(2)13(15)16-19/h5-8,10,19H,4,9H2,1-3H3,(H2,15,16). The molecule has 0 radical (unpaired) electrons. The van der Waals surface area contributed by atoms with Crippen molar-refractivity contribution in [1.29, 1.82) is 0 Å². The Hall–Kier alpha value is -2.24. The molecule has 1 atom stereocenters. The van der Waals surface area contributed by atoms with Gasteiger partial charge in [0.05, 0.1) is 12.2 Å². The van der Waals surface area contributed by atoms with Gasteiger partial charge in [-0.2, -0.15) is 0 Å². The third kappa shape index (κ3) is 3.88. The van der Waals surface area contributed by atoms with Crippen LogP contribution in [0.1, 0.15) is 24.2 Å². The average Bonchev–Trinajstić information content (AvgIpc) is 2.46. The van der Waals surface area contributed by atoms with E-state index in [0.29, 0.717) is 24.5 Å². The maximum atomic E-state index is 12.4. The van der Waals surface area contributed by atoms with Crippen LogP contribution in [0.4, 0.5) is 0 Å². The van der Waals surface area contributed by atoms with Gasteiger partial charge in [-0.3, -0.25) is 4.79 Å². The van der Waals surface area contributed by atoms with Crippen molar-refractivity contribution in [3.05, 3.63) is 29.8 Å². The largest absolute Gasteiger partial charge is 0.493 e. The van der Waals surface area contributed by atoms with Gasteiger partial charge in [-0.15, -0.1) is 0 Å². The van der Waals surface area contributed by atoms with Crippen molar-refractivity contribution in [3.8, 4) is 5.75 Å². The Bertz CT molecular complexity index is 488. The molecule has 0 heterocycles. The molecule has 0 aliphatic rings. The number of nitrogens with two attached hydrogens (primary N) is 1. The summed E-state index contributed by atoms with van der Waals surface area (Å²) >= 11 is 0. The summed E-state index contributed by atoms with van der Waals surface area (Å²) in [5.41, 5.74) is 6.02. The SMILES string of the molecule is CCOc1ccccc1C(=O)N(C)CC(C)C(N)=NO. The van der Waals surface area contributed by atoms with E-state index >= 15 is 0 Å². The van der Waals surface area contributed by atoms with Crippen LogP contribution in [0.15, 0.2) is 29.4 Å². The Morgan fingerprint density at radius 1 is 1.50 bits per heavy atom. The first kappa shape index (κ1) is 15.8. The minimum atomic E-state index is -0.229. The lowest BCUT2D eigenvalue weighted by molar-refractivity contribution is 0.0782. The number of para-hydroxylation sites is 1. The molecule has 1 unspecified atom stereocenters. The lowest BCUT2D eigenvalue weighted by atomic mass is 10.1. The molecular formula is C14H21N3O3. The number of amidine groups is 1. The quantitative estimate of drug-likeness (QED) is 0.358. The zero-order valence-electron chi connectivity index (χ0n) is 12.0. The number of rotatable bonds is 6. The summed E-state index contributed by atoms with van der Waals surface area (Å²) < 4.78 is 5.45. The number of oxime groups is 1. The molecule has 0 aliphatic heterocycles. The number of carbonyl (C=O) groups is 1. The van der Waals surface area contributed by atoms with Gasteiger partial charge >= 0.3 is 0 Å². The van der Waals surface area contributed by atoms with Crippen LogP contribution in [0.25, 0.3) is 0 Å². The smallest absolute Gasteiger partial charge is 0.257 e. The minimum absolute atomic E-state index is 0.0998. The highest BCUT2D eigenvalue weighted by Crippen LogP contribution is 2.19. The van der Waals surface area contributed by atoms with Crippen LogP contribution in [0.2, 0.25) is 0 Å². The number of carbonyl (C=O) groups excluding carboxylic acids is 1. The van der Waals surface area contributed by atoms with Crippen molar-refractivity contribution >= 4 is 11.7 Å². The van der Waals surface area contributed by atoms with E-state index in [2.05, 4.69) is 5.16 Å². The highest BCUT2D eigenvalue weighted by atomic mass is 16.5. The highest BCUT2D eigenvalue weighted by Gasteiger charge is 2.19. The van der Waals surface area contributed by atoms with Gasteiger partial charge in [0, 0.05) is 19.5 Å². The Labute approximate surface area is 118 Å². The summed E-state index contributed by atoms with van der Waals surface area (Å²) in [6.45, 7) is 4.50. The molecule has 0 bridgehead atoms. The normalized spacial score (nSPS) is 12.8. The van der Waals surface area contributed by atoms with E-state index in [9.17, 15) is 4.79 Å². The molecule has 0 spiro atoms. The first-order chi connectivity index (χ1) is 9.51. The molecule has 0 fully saturated rings. The first-order valence-electron chi connectivity index (χ1n) is 6.45. The number of nitrogens with zero attached hydrogens (tertiary/aromatic N) is 2. The number of hydrogen-bond donors (Lipinski definition) is 2. The maximum Gasteiger partial charge on any atom is 0.257 e. The van der Waals surface area contributed by atoms with Gasteiger partial charge in [-0.1, -0.05) is 24.2 Å².